The second kappa shape index (κ2) is 7.46. The number of amides is 2. The number of carbonyl (C=O) groups excluding carboxylic acids is 1. The molecule has 0 aliphatic carbocycles. The Labute approximate surface area is 154 Å². The van der Waals surface area contributed by atoms with Gasteiger partial charge >= 0.3 is 6.03 Å². The fraction of sp³-hybridized carbons (Fsp3) is 0.350. The highest BCUT2D eigenvalue weighted by Gasteiger charge is 2.37. The number of aryl methyl sites for hydroxylation is 1. The van der Waals surface area contributed by atoms with Crippen molar-refractivity contribution in [2.24, 2.45) is 0 Å². The van der Waals surface area contributed by atoms with Gasteiger partial charge < -0.3 is 15.1 Å². The summed E-state index contributed by atoms with van der Waals surface area (Å²) in [7, 11) is 4.15. The molecule has 25 heavy (non-hydrogen) atoms. The Bertz CT molecular complexity index is 728. The lowest BCUT2D eigenvalue weighted by Gasteiger charge is -2.25. The van der Waals surface area contributed by atoms with Crippen LogP contribution in [-0.2, 0) is 0 Å². The van der Waals surface area contributed by atoms with Gasteiger partial charge in [-0.05, 0) is 50.8 Å². The zero-order valence-corrected chi connectivity index (χ0v) is 15.6. The maximum absolute atomic E-state index is 12.7. The first-order valence-electron chi connectivity index (χ1n) is 8.48. The quantitative estimate of drug-likeness (QED) is 0.893. The third kappa shape index (κ3) is 4.14. The molecular weight excluding hydrogens is 334 g/mol. The van der Waals surface area contributed by atoms with E-state index in [0.717, 1.165) is 5.69 Å². The molecule has 1 aliphatic heterocycles. The molecule has 3 rings (SSSR count). The first-order chi connectivity index (χ1) is 11.9. The fourth-order valence-corrected chi connectivity index (χ4v) is 3.48. The van der Waals surface area contributed by atoms with Crippen LogP contribution in [0.1, 0.15) is 17.0 Å². The highest BCUT2D eigenvalue weighted by atomic mass is 35.5. The minimum absolute atomic E-state index is 0.0659. The molecule has 0 aromatic heterocycles. The minimum Gasteiger partial charge on any atom is -0.322 e. The van der Waals surface area contributed by atoms with E-state index in [1.807, 2.05) is 17.0 Å². The van der Waals surface area contributed by atoms with Crippen LogP contribution in [0.4, 0.5) is 10.5 Å². The average molecular weight is 358 g/mol. The standard InChI is InChI=1S/C20H24ClN3O/c1-14-4-6-15(7-5-14)18-12-24(13-19(18)23(2)3)20(25)22-17-10-8-16(21)9-11-17/h4-11,18-19H,12-13H2,1-3H3,(H,22,25)/t18-,19+/m0/s1. The van der Waals surface area contributed by atoms with Crippen LogP contribution in [0.5, 0.6) is 0 Å². The van der Waals surface area contributed by atoms with Gasteiger partial charge in [0, 0.05) is 35.8 Å². The van der Waals surface area contributed by atoms with Crippen molar-refractivity contribution in [2.45, 2.75) is 18.9 Å². The summed E-state index contributed by atoms with van der Waals surface area (Å²) in [4.78, 5) is 16.8. The van der Waals surface area contributed by atoms with Crippen LogP contribution in [0.25, 0.3) is 0 Å². The first-order valence-corrected chi connectivity index (χ1v) is 8.86. The van der Waals surface area contributed by atoms with Gasteiger partial charge in [-0.2, -0.15) is 0 Å². The summed E-state index contributed by atoms with van der Waals surface area (Å²) in [5, 5.41) is 3.62. The fourth-order valence-electron chi connectivity index (χ4n) is 3.35. The lowest BCUT2D eigenvalue weighted by molar-refractivity contribution is 0.216. The number of nitrogens with zero attached hydrogens (tertiary/aromatic N) is 2. The van der Waals surface area contributed by atoms with Crippen molar-refractivity contribution in [1.82, 2.24) is 9.80 Å². The number of anilines is 1. The minimum atomic E-state index is -0.0659. The van der Waals surface area contributed by atoms with Crippen LogP contribution in [0.15, 0.2) is 48.5 Å². The van der Waals surface area contributed by atoms with Gasteiger partial charge in [-0.25, -0.2) is 4.79 Å². The van der Waals surface area contributed by atoms with Gasteiger partial charge in [0.2, 0.25) is 0 Å². The van der Waals surface area contributed by atoms with Crippen LogP contribution >= 0.6 is 11.6 Å². The van der Waals surface area contributed by atoms with Crippen molar-refractivity contribution in [2.75, 3.05) is 32.5 Å². The van der Waals surface area contributed by atoms with E-state index in [2.05, 4.69) is 55.5 Å². The average Bonchev–Trinajstić information content (AvgIpc) is 3.03. The van der Waals surface area contributed by atoms with Gasteiger partial charge in [0.05, 0.1) is 0 Å². The summed E-state index contributed by atoms with van der Waals surface area (Å²) in [6.45, 7) is 3.52. The molecule has 0 radical (unpaired) electrons. The molecule has 2 amide bonds. The maximum Gasteiger partial charge on any atom is 0.321 e. The molecule has 0 saturated carbocycles. The molecule has 1 aliphatic rings. The van der Waals surface area contributed by atoms with Crippen molar-refractivity contribution >= 4 is 23.3 Å². The van der Waals surface area contributed by atoms with Crippen molar-refractivity contribution in [3.05, 3.63) is 64.7 Å². The number of benzene rings is 2. The van der Waals surface area contributed by atoms with E-state index in [-0.39, 0.29) is 6.03 Å². The van der Waals surface area contributed by atoms with Crippen LogP contribution in [0.2, 0.25) is 5.02 Å². The number of urea groups is 1. The Balaban J connectivity index is 1.73. The predicted molar refractivity (Wildman–Crippen MR) is 103 cm³/mol. The molecule has 5 heteroatoms. The number of likely N-dealkylation sites (tertiary alicyclic amines) is 1. The molecule has 1 saturated heterocycles. The van der Waals surface area contributed by atoms with Crippen LogP contribution in [0, 0.1) is 6.92 Å². The molecule has 0 spiro atoms. The number of rotatable bonds is 3. The molecule has 4 nitrogen and oxygen atoms in total. The summed E-state index contributed by atoms with van der Waals surface area (Å²) in [5.41, 5.74) is 3.29. The van der Waals surface area contributed by atoms with Crippen molar-refractivity contribution in [3.63, 3.8) is 0 Å². The predicted octanol–water partition coefficient (Wildman–Crippen LogP) is 4.21. The van der Waals surface area contributed by atoms with Gasteiger partial charge in [0.25, 0.3) is 0 Å². The Morgan fingerprint density at radius 1 is 1.08 bits per heavy atom. The molecule has 2 aromatic carbocycles. The zero-order chi connectivity index (χ0) is 18.0. The summed E-state index contributed by atoms with van der Waals surface area (Å²) < 4.78 is 0. The third-order valence-electron chi connectivity index (χ3n) is 4.84. The molecule has 1 heterocycles. The summed E-state index contributed by atoms with van der Waals surface area (Å²) >= 11 is 5.90. The van der Waals surface area contributed by atoms with Crippen LogP contribution in [-0.4, -0.2) is 49.1 Å². The summed E-state index contributed by atoms with van der Waals surface area (Å²) in [5.74, 6) is 0.312. The molecule has 1 N–H and O–H groups in total. The Morgan fingerprint density at radius 2 is 1.72 bits per heavy atom. The Kier molecular flexibility index (Phi) is 5.30. The largest absolute Gasteiger partial charge is 0.322 e. The molecular formula is C20H24ClN3O. The van der Waals surface area contributed by atoms with E-state index in [1.54, 1.807) is 12.1 Å². The highest BCUT2D eigenvalue weighted by Crippen LogP contribution is 2.31. The first kappa shape index (κ1) is 17.8. The van der Waals surface area contributed by atoms with Gasteiger partial charge in [0.1, 0.15) is 0 Å². The van der Waals surface area contributed by atoms with E-state index in [9.17, 15) is 4.79 Å². The second-order valence-corrected chi connectivity index (χ2v) is 7.33. The number of halogens is 1. The topological polar surface area (TPSA) is 35.6 Å². The van der Waals surface area contributed by atoms with Crippen molar-refractivity contribution in [3.8, 4) is 0 Å². The van der Waals surface area contributed by atoms with Crippen LogP contribution < -0.4 is 5.32 Å². The normalized spacial score (nSPS) is 20.1. The van der Waals surface area contributed by atoms with E-state index < -0.39 is 0 Å². The number of hydrogen-bond acceptors (Lipinski definition) is 2. The lowest BCUT2D eigenvalue weighted by Crippen LogP contribution is -2.37. The number of hydrogen-bond donors (Lipinski definition) is 1. The molecule has 1 fully saturated rings. The molecule has 2 aromatic rings. The maximum atomic E-state index is 12.7. The number of likely N-dealkylation sites (N-methyl/N-ethyl adjacent to an activating group) is 1. The van der Waals surface area contributed by atoms with E-state index >= 15 is 0 Å². The van der Waals surface area contributed by atoms with Gasteiger partial charge in [-0.15, -0.1) is 0 Å². The monoisotopic (exact) mass is 357 g/mol. The van der Waals surface area contributed by atoms with Gasteiger partial charge in [-0.1, -0.05) is 41.4 Å². The molecule has 0 unspecified atom stereocenters. The summed E-state index contributed by atoms with van der Waals surface area (Å²) in [6.07, 6.45) is 0. The molecule has 2 atom stereocenters. The zero-order valence-electron chi connectivity index (χ0n) is 14.9. The van der Waals surface area contributed by atoms with Crippen molar-refractivity contribution < 1.29 is 4.79 Å². The molecule has 132 valence electrons. The Hall–Kier alpha value is -2.04. The van der Waals surface area contributed by atoms with E-state index in [1.165, 1.54) is 11.1 Å². The van der Waals surface area contributed by atoms with E-state index in [0.29, 0.717) is 30.1 Å². The smallest absolute Gasteiger partial charge is 0.321 e. The van der Waals surface area contributed by atoms with Gasteiger partial charge in [0.15, 0.2) is 0 Å². The third-order valence-corrected chi connectivity index (χ3v) is 5.09. The SMILES string of the molecule is Cc1ccc([C@@H]2CN(C(=O)Nc3ccc(Cl)cc3)C[C@H]2N(C)C)cc1. The highest BCUT2D eigenvalue weighted by molar-refractivity contribution is 6.30. The number of carbonyl (C=O) groups is 1. The van der Waals surface area contributed by atoms with E-state index in [4.69, 9.17) is 11.6 Å². The van der Waals surface area contributed by atoms with Crippen LogP contribution in [0.3, 0.4) is 0 Å². The molecule has 0 bridgehead atoms. The number of nitrogens with one attached hydrogen (secondary N) is 1. The summed E-state index contributed by atoms with van der Waals surface area (Å²) in [6, 6.07) is 16.1. The van der Waals surface area contributed by atoms with Gasteiger partial charge in [-0.3, -0.25) is 0 Å². The second-order valence-electron chi connectivity index (χ2n) is 6.89. The lowest BCUT2D eigenvalue weighted by atomic mass is 9.93. The Morgan fingerprint density at radius 3 is 2.32 bits per heavy atom. The van der Waals surface area contributed by atoms with Crippen molar-refractivity contribution in [1.29, 1.82) is 0 Å².